The molecule has 0 radical (unpaired) electrons. The van der Waals surface area contributed by atoms with Gasteiger partial charge in [-0.3, -0.25) is 9.59 Å². The van der Waals surface area contributed by atoms with Gasteiger partial charge >= 0.3 is 0 Å². The van der Waals surface area contributed by atoms with Crippen LogP contribution in [0.4, 0.5) is 11.4 Å². The fourth-order valence-corrected chi connectivity index (χ4v) is 2.14. The van der Waals surface area contributed by atoms with Gasteiger partial charge < -0.3 is 10.6 Å². The summed E-state index contributed by atoms with van der Waals surface area (Å²) in [5.41, 5.74) is 2.37. The molecule has 0 saturated carbocycles. The lowest BCUT2D eigenvalue weighted by molar-refractivity contribution is -0.114. The van der Waals surface area contributed by atoms with Gasteiger partial charge in [-0.15, -0.1) is 0 Å². The van der Waals surface area contributed by atoms with Gasteiger partial charge in [0.1, 0.15) is 6.07 Å². The van der Waals surface area contributed by atoms with Gasteiger partial charge in [0.25, 0.3) is 0 Å². The topological polar surface area (TPSA) is 82.0 Å². The Labute approximate surface area is 144 Å². The number of nitrogens with one attached hydrogen (secondary N) is 2. The molecule has 2 N–H and O–H groups in total. The molecule has 0 fully saturated rings. The van der Waals surface area contributed by atoms with Gasteiger partial charge in [0, 0.05) is 24.4 Å². The first-order valence-electron chi connectivity index (χ1n) is 7.04. The summed E-state index contributed by atoms with van der Waals surface area (Å²) in [6, 6.07) is 13.7. The van der Waals surface area contributed by atoms with Crippen molar-refractivity contribution in [3.63, 3.8) is 0 Å². The number of hydrogen-bond donors (Lipinski definition) is 2. The Kier molecular flexibility index (Phi) is 5.72. The first kappa shape index (κ1) is 17.3. The van der Waals surface area contributed by atoms with Crippen molar-refractivity contribution in [2.24, 2.45) is 0 Å². The van der Waals surface area contributed by atoms with E-state index in [0.717, 1.165) is 5.56 Å². The zero-order valence-electron chi connectivity index (χ0n) is 12.8. The quantitative estimate of drug-likeness (QED) is 0.831. The average molecular weight is 340 g/mol. The number of carbonyl (C=O) groups is 2. The fourth-order valence-electron chi connectivity index (χ4n) is 1.92. The molecule has 2 aromatic rings. The van der Waals surface area contributed by atoms with E-state index in [-0.39, 0.29) is 16.8 Å². The van der Waals surface area contributed by atoms with Crippen LogP contribution in [0.1, 0.15) is 18.1 Å². The minimum atomic E-state index is -0.318. The Hall–Kier alpha value is -3.10. The van der Waals surface area contributed by atoms with Gasteiger partial charge in [0.15, 0.2) is 0 Å². The molecule has 0 aromatic heterocycles. The molecule has 0 heterocycles. The molecule has 0 unspecified atom stereocenters. The number of carbonyl (C=O) groups excluding carboxylic acids is 2. The summed E-state index contributed by atoms with van der Waals surface area (Å²) in [4.78, 5) is 22.8. The lowest BCUT2D eigenvalue weighted by atomic mass is 10.2. The van der Waals surface area contributed by atoms with Crippen LogP contribution < -0.4 is 10.6 Å². The zero-order valence-corrected chi connectivity index (χ0v) is 13.6. The molecule has 0 aliphatic carbocycles. The second kappa shape index (κ2) is 7.95. The normalized spacial score (nSPS) is 10.2. The summed E-state index contributed by atoms with van der Waals surface area (Å²) in [6.07, 6.45) is 3.04. The number of anilines is 2. The van der Waals surface area contributed by atoms with E-state index in [1.165, 1.54) is 19.1 Å². The second-order valence-electron chi connectivity index (χ2n) is 4.93. The Morgan fingerprint density at radius 2 is 1.75 bits per heavy atom. The van der Waals surface area contributed by atoms with Crippen LogP contribution in [0, 0.1) is 11.3 Å². The summed E-state index contributed by atoms with van der Waals surface area (Å²) in [6.45, 7) is 1.44. The minimum Gasteiger partial charge on any atom is -0.326 e. The highest BCUT2D eigenvalue weighted by atomic mass is 35.5. The Morgan fingerprint density at radius 1 is 1.08 bits per heavy atom. The highest BCUT2D eigenvalue weighted by Crippen LogP contribution is 2.20. The zero-order chi connectivity index (χ0) is 17.5. The number of nitriles is 1. The van der Waals surface area contributed by atoms with Crippen molar-refractivity contribution in [1.82, 2.24) is 0 Å². The highest BCUT2D eigenvalue weighted by Gasteiger charge is 2.03. The van der Waals surface area contributed by atoms with Gasteiger partial charge in [-0.05, 0) is 42.0 Å². The third-order valence-corrected chi connectivity index (χ3v) is 3.33. The van der Waals surface area contributed by atoms with Crippen molar-refractivity contribution in [3.05, 3.63) is 64.7 Å². The van der Waals surface area contributed by atoms with Crippen LogP contribution in [0.5, 0.6) is 0 Å². The SMILES string of the molecule is CC(=O)Nc1ccc(/C=C/C(=O)Nc2ccc(C#N)c(Cl)c2)cc1. The Balaban J connectivity index is 1.99. The molecule has 2 rings (SSSR count). The summed E-state index contributed by atoms with van der Waals surface area (Å²) in [5.74, 6) is -0.458. The van der Waals surface area contributed by atoms with Gasteiger partial charge in [0.05, 0.1) is 10.6 Å². The van der Waals surface area contributed by atoms with Crippen LogP contribution in [0.15, 0.2) is 48.5 Å². The van der Waals surface area contributed by atoms with E-state index in [4.69, 9.17) is 16.9 Å². The predicted octanol–water partition coefficient (Wildman–Crippen LogP) is 3.82. The first-order chi connectivity index (χ1) is 11.5. The molecule has 2 amide bonds. The maximum absolute atomic E-state index is 11.9. The predicted molar refractivity (Wildman–Crippen MR) is 94.6 cm³/mol. The van der Waals surface area contributed by atoms with Crippen molar-refractivity contribution in [2.45, 2.75) is 6.92 Å². The number of nitrogens with zero attached hydrogens (tertiary/aromatic N) is 1. The van der Waals surface area contributed by atoms with Crippen molar-refractivity contribution in [1.29, 1.82) is 5.26 Å². The van der Waals surface area contributed by atoms with E-state index in [9.17, 15) is 9.59 Å². The van der Waals surface area contributed by atoms with Crippen LogP contribution >= 0.6 is 11.6 Å². The summed E-state index contributed by atoms with van der Waals surface area (Å²) >= 11 is 5.91. The largest absolute Gasteiger partial charge is 0.326 e. The molecule has 120 valence electrons. The van der Waals surface area contributed by atoms with Gasteiger partial charge in [0.2, 0.25) is 11.8 Å². The molecule has 24 heavy (non-hydrogen) atoms. The molecule has 0 aliphatic rings. The summed E-state index contributed by atoms with van der Waals surface area (Å²) in [5, 5.41) is 14.4. The Bertz CT molecular complexity index is 836. The molecule has 0 bridgehead atoms. The molecular weight excluding hydrogens is 326 g/mol. The number of rotatable bonds is 4. The summed E-state index contributed by atoms with van der Waals surface area (Å²) < 4.78 is 0. The lowest BCUT2D eigenvalue weighted by Gasteiger charge is -2.04. The van der Waals surface area contributed by atoms with Crippen molar-refractivity contribution < 1.29 is 9.59 Å². The molecule has 6 heteroatoms. The van der Waals surface area contributed by atoms with Crippen LogP contribution in [0.25, 0.3) is 6.08 Å². The van der Waals surface area contributed by atoms with Gasteiger partial charge in [-0.2, -0.15) is 5.26 Å². The van der Waals surface area contributed by atoms with E-state index < -0.39 is 0 Å². The first-order valence-corrected chi connectivity index (χ1v) is 7.42. The maximum Gasteiger partial charge on any atom is 0.248 e. The molecule has 0 atom stereocenters. The van der Waals surface area contributed by atoms with E-state index in [0.29, 0.717) is 16.9 Å². The van der Waals surface area contributed by atoms with Crippen molar-refractivity contribution >= 4 is 40.9 Å². The maximum atomic E-state index is 11.9. The van der Waals surface area contributed by atoms with Gasteiger partial charge in [-0.25, -0.2) is 0 Å². The van der Waals surface area contributed by atoms with E-state index in [1.54, 1.807) is 42.5 Å². The van der Waals surface area contributed by atoms with E-state index >= 15 is 0 Å². The third kappa shape index (κ3) is 4.97. The van der Waals surface area contributed by atoms with Crippen molar-refractivity contribution in [3.8, 4) is 6.07 Å². The van der Waals surface area contributed by atoms with E-state index in [1.807, 2.05) is 6.07 Å². The summed E-state index contributed by atoms with van der Waals surface area (Å²) in [7, 11) is 0. The number of halogens is 1. The molecule has 5 nitrogen and oxygen atoms in total. The minimum absolute atomic E-state index is 0.140. The molecular formula is C18H14ClN3O2. The van der Waals surface area contributed by atoms with Crippen LogP contribution in [0.3, 0.4) is 0 Å². The van der Waals surface area contributed by atoms with Gasteiger partial charge in [-0.1, -0.05) is 23.7 Å². The fraction of sp³-hybridized carbons (Fsp3) is 0.0556. The monoisotopic (exact) mass is 339 g/mol. The molecule has 0 spiro atoms. The van der Waals surface area contributed by atoms with Crippen LogP contribution in [-0.2, 0) is 9.59 Å². The third-order valence-electron chi connectivity index (χ3n) is 3.02. The standard InChI is InChI=1S/C18H14ClN3O2/c1-12(23)21-15-6-2-13(3-7-15)4-9-18(24)22-16-8-5-14(11-20)17(19)10-16/h2-10H,1H3,(H,21,23)(H,22,24)/b9-4+. The number of amides is 2. The second-order valence-corrected chi connectivity index (χ2v) is 5.34. The van der Waals surface area contributed by atoms with Crippen LogP contribution in [-0.4, -0.2) is 11.8 Å². The average Bonchev–Trinajstić information content (AvgIpc) is 2.54. The van der Waals surface area contributed by atoms with E-state index in [2.05, 4.69) is 10.6 Å². The van der Waals surface area contributed by atoms with Crippen LogP contribution in [0.2, 0.25) is 5.02 Å². The molecule has 2 aromatic carbocycles. The smallest absolute Gasteiger partial charge is 0.248 e. The number of benzene rings is 2. The Morgan fingerprint density at radius 3 is 2.33 bits per heavy atom. The number of hydrogen-bond acceptors (Lipinski definition) is 3. The lowest BCUT2D eigenvalue weighted by Crippen LogP contribution is -2.07. The molecule has 0 saturated heterocycles. The highest BCUT2D eigenvalue weighted by molar-refractivity contribution is 6.32. The molecule has 0 aliphatic heterocycles. The van der Waals surface area contributed by atoms with Crippen molar-refractivity contribution in [2.75, 3.05) is 10.6 Å².